The molecule has 0 radical (unpaired) electrons. The Morgan fingerprint density at radius 2 is 1.17 bits per heavy atom. The normalized spacial score (nSPS) is 46.4. The Kier molecular flexibility index (Phi) is 5.54. The van der Waals surface area contributed by atoms with E-state index in [0.29, 0.717) is 27.6 Å². The summed E-state index contributed by atoms with van der Waals surface area (Å²) < 4.78 is 0. The standard InChI is InChI=1S/C41H58Si/c1-23-18-24(2)33-25(19-23)12-13-32(33)42(11)36-28-22-30-29(38(3,4)14-15-39(30,5)6)20-26(28)27-21-31-35(37(42)34(27)36)41(9,10)17-16-40(31,7)8/h18-22,25-28,32-34,36H,12-17H2,1-11H3. The summed E-state index contributed by atoms with van der Waals surface area (Å²) in [6.45, 7) is 28.5. The van der Waals surface area contributed by atoms with Crippen LogP contribution < -0.4 is 0 Å². The zero-order chi connectivity index (χ0) is 29.9. The van der Waals surface area contributed by atoms with Gasteiger partial charge in [-0.1, -0.05) is 115 Å². The van der Waals surface area contributed by atoms with Gasteiger partial charge in [-0.3, -0.25) is 0 Å². The summed E-state index contributed by atoms with van der Waals surface area (Å²) in [5, 5.41) is 2.10. The van der Waals surface area contributed by atoms with Gasteiger partial charge < -0.3 is 0 Å². The number of allylic oxidation sites excluding steroid dienone is 12. The molecule has 0 bridgehead atoms. The second-order valence-electron chi connectivity index (χ2n) is 19.3. The molecule has 7 aliphatic carbocycles. The molecule has 0 amide bonds. The summed E-state index contributed by atoms with van der Waals surface area (Å²) in [5.41, 5.74) is 13.5. The van der Waals surface area contributed by atoms with Crippen LogP contribution in [-0.4, -0.2) is 8.07 Å². The van der Waals surface area contributed by atoms with E-state index < -0.39 is 8.07 Å². The van der Waals surface area contributed by atoms with Gasteiger partial charge in [-0.25, -0.2) is 0 Å². The van der Waals surface area contributed by atoms with Crippen molar-refractivity contribution >= 4 is 8.07 Å². The molecule has 1 heteroatoms. The highest BCUT2D eigenvalue weighted by atomic mass is 28.3. The molecule has 8 rings (SSSR count). The predicted octanol–water partition coefficient (Wildman–Crippen LogP) is 11.6. The van der Waals surface area contributed by atoms with Gasteiger partial charge in [-0.05, 0) is 136 Å². The average molecular weight is 579 g/mol. The Morgan fingerprint density at radius 3 is 1.81 bits per heavy atom. The van der Waals surface area contributed by atoms with Gasteiger partial charge in [0.05, 0.1) is 8.07 Å². The molecule has 4 saturated carbocycles. The molecule has 0 aromatic heterocycles. The molecule has 5 fully saturated rings. The predicted molar refractivity (Wildman–Crippen MR) is 182 cm³/mol. The largest absolute Gasteiger partial charge is 0.0872 e. The molecule has 1 saturated heterocycles. The number of hydrogen-bond acceptors (Lipinski definition) is 0. The minimum Gasteiger partial charge on any atom is -0.0779 e. The molecule has 0 spiro atoms. The topological polar surface area (TPSA) is 0 Å². The van der Waals surface area contributed by atoms with Gasteiger partial charge in [0.15, 0.2) is 0 Å². The number of rotatable bonds is 1. The number of fused-ring (bicyclic) bond motifs is 6. The smallest absolute Gasteiger partial charge is 0.0779 e. The molecule has 0 aromatic carbocycles. The third-order valence-corrected chi connectivity index (χ3v) is 21.2. The molecule has 8 aliphatic rings. The van der Waals surface area contributed by atoms with Crippen molar-refractivity contribution in [1.29, 1.82) is 0 Å². The Morgan fingerprint density at radius 1 is 0.619 bits per heavy atom. The third-order valence-electron chi connectivity index (χ3n) is 15.2. The van der Waals surface area contributed by atoms with Crippen molar-refractivity contribution in [3.05, 3.63) is 69.0 Å². The zero-order valence-electron chi connectivity index (χ0n) is 28.7. The van der Waals surface area contributed by atoms with E-state index in [4.69, 9.17) is 0 Å². The second kappa shape index (κ2) is 8.27. The van der Waals surface area contributed by atoms with E-state index in [0.717, 1.165) is 40.7 Å². The first kappa shape index (κ1) is 28.2. The summed E-state index contributed by atoms with van der Waals surface area (Å²) in [6.07, 6.45) is 22.2. The Balaban J connectivity index is 1.36. The van der Waals surface area contributed by atoms with Gasteiger partial charge in [-0.2, -0.15) is 0 Å². The first-order valence-corrected chi connectivity index (χ1v) is 20.4. The van der Waals surface area contributed by atoms with Crippen LogP contribution in [0.15, 0.2) is 69.0 Å². The lowest BCUT2D eigenvalue weighted by molar-refractivity contribution is 0.241. The summed E-state index contributed by atoms with van der Waals surface area (Å²) in [6, 6.07) is 0. The van der Waals surface area contributed by atoms with E-state index in [2.05, 4.69) is 111 Å². The molecule has 0 aromatic rings. The molecular formula is C41H58Si. The highest BCUT2D eigenvalue weighted by molar-refractivity contribution is 6.92. The lowest BCUT2D eigenvalue weighted by atomic mass is 9.56. The quantitative estimate of drug-likeness (QED) is 0.271. The van der Waals surface area contributed by atoms with E-state index in [9.17, 15) is 0 Å². The van der Waals surface area contributed by atoms with Gasteiger partial charge in [0.1, 0.15) is 0 Å². The van der Waals surface area contributed by atoms with E-state index in [1.54, 1.807) is 22.3 Å². The van der Waals surface area contributed by atoms with Crippen LogP contribution >= 0.6 is 0 Å². The maximum Gasteiger partial charge on any atom is 0.0872 e. The van der Waals surface area contributed by atoms with Crippen molar-refractivity contribution in [2.75, 3.05) is 0 Å². The SMILES string of the molecule is CC1=CC2CCC([Si]3(C)C4=C5C(=CC6C7C=C8C(=CC7C3C46)C(C)(C)CCC8(C)C)C(C)(C)CCC5(C)C)C2C(C)=C1. The van der Waals surface area contributed by atoms with Gasteiger partial charge in [0.25, 0.3) is 0 Å². The molecule has 226 valence electrons. The molecule has 0 N–H and O–H groups in total. The second-order valence-corrected chi connectivity index (χ2v) is 23.8. The maximum atomic E-state index is 2.95. The zero-order valence-corrected chi connectivity index (χ0v) is 29.7. The van der Waals surface area contributed by atoms with Crippen molar-refractivity contribution < 1.29 is 0 Å². The van der Waals surface area contributed by atoms with Crippen molar-refractivity contribution in [3.63, 3.8) is 0 Å². The highest BCUT2D eigenvalue weighted by Gasteiger charge is 2.73. The van der Waals surface area contributed by atoms with Gasteiger partial charge in [0.2, 0.25) is 0 Å². The first-order valence-electron chi connectivity index (χ1n) is 17.8. The fourth-order valence-electron chi connectivity index (χ4n) is 13.0. The van der Waals surface area contributed by atoms with Crippen molar-refractivity contribution in [3.8, 4) is 0 Å². The van der Waals surface area contributed by atoms with Crippen molar-refractivity contribution in [1.82, 2.24) is 0 Å². The van der Waals surface area contributed by atoms with Gasteiger partial charge in [0, 0.05) is 0 Å². The van der Waals surface area contributed by atoms with E-state index in [-0.39, 0.29) is 0 Å². The monoisotopic (exact) mass is 578 g/mol. The Bertz CT molecular complexity index is 1460. The van der Waals surface area contributed by atoms with Crippen LogP contribution in [0.25, 0.3) is 0 Å². The Hall–Kier alpha value is -1.34. The van der Waals surface area contributed by atoms with Crippen LogP contribution in [0.5, 0.6) is 0 Å². The molecular weight excluding hydrogens is 521 g/mol. The fraction of sp³-hybridized carbons (Fsp3) is 0.707. The number of hydrogen-bond donors (Lipinski definition) is 0. The van der Waals surface area contributed by atoms with E-state index in [1.165, 1.54) is 44.1 Å². The van der Waals surface area contributed by atoms with Gasteiger partial charge >= 0.3 is 0 Å². The van der Waals surface area contributed by atoms with E-state index >= 15 is 0 Å². The first-order chi connectivity index (χ1) is 19.5. The lowest BCUT2D eigenvalue weighted by Gasteiger charge is -2.64. The molecule has 0 nitrogen and oxygen atoms in total. The Labute approximate surface area is 259 Å². The van der Waals surface area contributed by atoms with Crippen molar-refractivity contribution in [2.45, 2.75) is 125 Å². The van der Waals surface area contributed by atoms with E-state index in [1.807, 2.05) is 5.57 Å². The molecule has 1 heterocycles. The minimum atomic E-state index is -1.80. The molecule has 9 atom stereocenters. The lowest BCUT2D eigenvalue weighted by Crippen LogP contribution is -2.62. The van der Waals surface area contributed by atoms with Gasteiger partial charge in [-0.15, -0.1) is 0 Å². The summed E-state index contributed by atoms with van der Waals surface area (Å²) >= 11 is 0. The molecule has 1 aliphatic heterocycles. The molecule has 42 heavy (non-hydrogen) atoms. The summed E-state index contributed by atoms with van der Waals surface area (Å²) in [7, 11) is -1.80. The van der Waals surface area contributed by atoms with Crippen LogP contribution in [-0.2, 0) is 0 Å². The minimum absolute atomic E-state index is 0.301. The van der Waals surface area contributed by atoms with Crippen LogP contribution in [0.3, 0.4) is 0 Å². The van der Waals surface area contributed by atoms with Crippen molar-refractivity contribution in [2.24, 2.45) is 57.2 Å². The van der Waals surface area contributed by atoms with Crippen LogP contribution in [0.1, 0.15) is 108 Å². The highest BCUT2D eigenvalue weighted by Crippen LogP contribution is 2.79. The van der Waals surface area contributed by atoms with Crippen LogP contribution in [0.4, 0.5) is 0 Å². The summed E-state index contributed by atoms with van der Waals surface area (Å²) in [5.74, 6) is 4.56. The fourth-order valence-corrected chi connectivity index (χ4v) is 20.3. The average Bonchev–Trinajstić information content (AvgIpc) is 3.46. The maximum absolute atomic E-state index is 2.95. The van der Waals surface area contributed by atoms with Crippen LogP contribution in [0.2, 0.25) is 17.6 Å². The summed E-state index contributed by atoms with van der Waals surface area (Å²) in [4.78, 5) is 0. The third kappa shape index (κ3) is 3.36. The van der Waals surface area contributed by atoms with Crippen LogP contribution in [0, 0.1) is 57.2 Å². The molecule has 9 unspecified atom stereocenters.